The number of carboxylic acids is 1. The Bertz CT molecular complexity index is 810. The summed E-state index contributed by atoms with van der Waals surface area (Å²) in [4.78, 5) is 11.0. The van der Waals surface area contributed by atoms with Crippen LogP contribution in [0, 0.1) is 0 Å². The molecule has 0 bridgehead atoms. The summed E-state index contributed by atoms with van der Waals surface area (Å²) < 4.78 is 5.78. The Morgan fingerprint density at radius 2 is 1.61 bits per heavy atom. The van der Waals surface area contributed by atoms with Gasteiger partial charge in [-0.15, -0.1) is 0 Å². The molecule has 0 aliphatic rings. The predicted molar refractivity (Wildman–Crippen MR) is 89.6 cm³/mol. The first-order valence-electron chi connectivity index (χ1n) is 7.33. The molecule has 0 radical (unpaired) electrons. The molecule has 23 heavy (non-hydrogen) atoms. The molecule has 0 fully saturated rings. The largest absolute Gasteiger partial charge is 0.489 e. The van der Waals surface area contributed by atoms with Crippen LogP contribution in [0.4, 0.5) is 0 Å². The Balaban J connectivity index is 1.82. The second-order valence-electron chi connectivity index (χ2n) is 5.14. The van der Waals surface area contributed by atoms with Crippen LogP contribution in [0.15, 0.2) is 78.9 Å². The summed E-state index contributed by atoms with van der Waals surface area (Å²) >= 11 is 0. The van der Waals surface area contributed by atoms with Gasteiger partial charge in [-0.1, -0.05) is 60.7 Å². The van der Waals surface area contributed by atoms with Gasteiger partial charge in [-0.2, -0.15) is 0 Å². The predicted octanol–water partition coefficient (Wildman–Crippen LogP) is 4.63. The fourth-order valence-corrected chi connectivity index (χ4v) is 2.43. The van der Waals surface area contributed by atoms with Gasteiger partial charge >= 0.3 is 5.97 Å². The number of hydrogen-bond acceptors (Lipinski definition) is 2. The normalized spacial score (nSPS) is 10.3. The van der Waals surface area contributed by atoms with Crippen LogP contribution in [0.1, 0.15) is 15.9 Å². The topological polar surface area (TPSA) is 46.5 Å². The summed E-state index contributed by atoms with van der Waals surface area (Å²) in [6.07, 6.45) is 0. The average Bonchev–Trinajstić information content (AvgIpc) is 2.61. The van der Waals surface area contributed by atoms with Crippen molar-refractivity contribution in [2.45, 2.75) is 6.61 Å². The Labute approximate surface area is 134 Å². The van der Waals surface area contributed by atoms with Crippen LogP contribution >= 0.6 is 0 Å². The van der Waals surface area contributed by atoms with Crippen LogP contribution in [0.5, 0.6) is 5.75 Å². The summed E-state index contributed by atoms with van der Waals surface area (Å²) in [5.74, 6) is -0.409. The summed E-state index contributed by atoms with van der Waals surface area (Å²) in [6, 6.07) is 24.7. The molecule has 3 aromatic rings. The second kappa shape index (κ2) is 6.79. The van der Waals surface area contributed by atoms with Crippen molar-refractivity contribution in [3.63, 3.8) is 0 Å². The molecule has 0 heterocycles. The number of carbonyl (C=O) groups is 1. The average molecular weight is 304 g/mol. The third kappa shape index (κ3) is 3.58. The van der Waals surface area contributed by atoms with E-state index < -0.39 is 5.97 Å². The van der Waals surface area contributed by atoms with E-state index in [-0.39, 0.29) is 5.56 Å². The van der Waals surface area contributed by atoms with Crippen molar-refractivity contribution in [2.75, 3.05) is 0 Å². The Hall–Kier alpha value is -3.07. The van der Waals surface area contributed by atoms with E-state index in [1.165, 1.54) is 6.07 Å². The molecule has 0 saturated carbocycles. The highest BCUT2D eigenvalue weighted by molar-refractivity contribution is 5.88. The van der Waals surface area contributed by atoms with Crippen LogP contribution in [-0.2, 0) is 6.61 Å². The van der Waals surface area contributed by atoms with E-state index in [0.29, 0.717) is 12.4 Å². The lowest BCUT2D eigenvalue weighted by atomic mass is 10.0. The molecule has 0 spiro atoms. The van der Waals surface area contributed by atoms with Crippen LogP contribution in [0.25, 0.3) is 11.1 Å². The van der Waals surface area contributed by atoms with E-state index in [9.17, 15) is 4.79 Å². The van der Waals surface area contributed by atoms with Crippen molar-refractivity contribution >= 4 is 5.97 Å². The van der Waals surface area contributed by atoms with Gasteiger partial charge in [-0.05, 0) is 34.9 Å². The van der Waals surface area contributed by atoms with Gasteiger partial charge in [-0.3, -0.25) is 0 Å². The van der Waals surface area contributed by atoms with Crippen molar-refractivity contribution in [1.82, 2.24) is 0 Å². The lowest BCUT2D eigenvalue weighted by Gasteiger charge is -2.11. The SMILES string of the molecule is O=C(O)c1cccc(OCc2ccccc2-c2ccccc2)c1. The Morgan fingerprint density at radius 1 is 0.870 bits per heavy atom. The van der Waals surface area contributed by atoms with Crippen molar-refractivity contribution in [1.29, 1.82) is 0 Å². The maximum Gasteiger partial charge on any atom is 0.335 e. The van der Waals surface area contributed by atoms with Gasteiger partial charge in [0.05, 0.1) is 5.56 Å². The molecule has 0 amide bonds. The maximum absolute atomic E-state index is 11.0. The molecule has 114 valence electrons. The zero-order valence-electron chi connectivity index (χ0n) is 12.5. The lowest BCUT2D eigenvalue weighted by Crippen LogP contribution is -2.00. The number of carboxylic acid groups (broad SMARTS) is 1. The third-order valence-corrected chi connectivity index (χ3v) is 3.58. The van der Waals surface area contributed by atoms with Gasteiger partial charge in [-0.25, -0.2) is 4.79 Å². The first kappa shape index (κ1) is 14.9. The Kier molecular flexibility index (Phi) is 4.39. The zero-order valence-corrected chi connectivity index (χ0v) is 12.5. The van der Waals surface area contributed by atoms with Crippen molar-refractivity contribution in [3.8, 4) is 16.9 Å². The van der Waals surface area contributed by atoms with Gasteiger partial charge in [0.1, 0.15) is 12.4 Å². The molecule has 3 heteroatoms. The molecule has 0 aliphatic carbocycles. The number of benzene rings is 3. The fourth-order valence-electron chi connectivity index (χ4n) is 2.43. The summed E-state index contributed by atoms with van der Waals surface area (Å²) in [6.45, 7) is 0.383. The molecule has 0 saturated heterocycles. The summed E-state index contributed by atoms with van der Waals surface area (Å²) in [5, 5.41) is 9.03. The van der Waals surface area contributed by atoms with E-state index in [1.807, 2.05) is 36.4 Å². The minimum absolute atomic E-state index is 0.221. The number of aromatic carboxylic acids is 1. The smallest absolute Gasteiger partial charge is 0.335 e. The van der Waals surface area contributed by atoms with Crippen molar-refractivity contribution in [3.05, 3.63) is 90.0 Å². The monoisotopic (exact) mass is 304 g/mol. The minimum Gasteiger partial charge on any atom is -0.489 e. The van der Waals surface area contributed by atoms with E-state index in [2.05, 4.69) is 18.2 Å². The molecule has 0 aromatic heterocycles. The molecular formula is C20H16O3. The first-order valence-corrected chi connectivity index (χ1v) is 7.33. The molecule has 3 aromatic carbocycles. The van der Waals surface area contributed by atoms with Crippen LogP contribution in [0.3, 0.4) is 0 Å². The highest BCUT2D eigenvalue weighted by Gasteiger charge is 2.07. The Morgan fingerprint density at radius 3 is 2.39 bits per heavy atom. The molecule has 0 unspecified atom stereocenters. The number of ether oxygens (including phenoxy) is 1. The first-order chi connectivity index (χ1) is 11.2. The van der Waals surface area contributed by atoms with Crippen molar-refractivity contribution in [2.24, 2.45) is 0 Å². The second-order valence-corrected chi connectivity index (χ2v) is 5.14. The maximum atomic E-state index is 11.0. The van der Waals surface area contributed by atoms with Crippen LogP contribution in [-0.4, -0.2) is 11.1 Å². The summed E-state index contributed by atoms with van der Waals surface area (Å²) in [5.41, 5.74) is 3.52. The fraction of sp³-hybridized carbons (Fsp3) is 0.0500. The molecule has 1 N–H and O–H groups in total. The minimum atomic E-state index is -0.958. The number of hydrogen-bond donors (Lipinski definition) is 1. The highest BCUT2D eigenvalue weighted by atomic mass is 16.5. The third-order valence-electron chi connectivity index (χ3n) is 3.58. The molecule has 3 rings (SSSR count). The molecular weight excluding hydrogens is 288 g/mol. The summed E-state index contributed by atoms with van der Waals surface area (Å²) in [7, 11) is 0. The van der Waals surface area contributed by atoms with Crippen molar-refractivity contribution < 1.29 is 14.6 Å². The van der Waals surface area contributed by atoms with Gasteiger partial charge in [0.2, 0.25) is 0 Å². The van der Waals surface area contributed by atoms with Gasteiger partial charge in [0, 0.05) is 0 Å². The van der Waals surface area contributed by atoms with Crippen LogP contribution < -0.4 is 4.74 Å². The molecule has 0 atom stereocenters. The standard InChI is InChI=1S/C20H16O3/c21-20(22)16-10-6-11-18(13-16)23-14-17-9-4-5-12-19(17)15-7-2-1-3-8-15/h1-13H,14H2,(H,21,22). The van der Waals surface area contributed by atoms with E-state index in [0.717, 1.165) is 16.7 Å². The van der Waals surface area contributed by atoms with Gasteiger partial charge in [0.25, 0.3) is 0 Å². The van der Waals surface area contributed by atoms with Crippen LogP contribution in [0.2, 0.25) is 0 Å². The van der Waals surface area contributed by atoms with Gasteiger partial charge < -0.3 is 9.84 Å². The zero-order chi connectivity index (χ0) is 16.1. The molecule has 3 nitrogen and oxygen atoms in total. The van der Waals surface area contributed by atoms with E-state index in [4.69, 9.17) is 9.84 Å². The highest BCUT2D eigenvalue weighted by Crippen LogP contribution is 2.25. The lowest BCUT2D eigenvalue weighted by molar-refractivity contribution is 0.0696. The molecule has 0 aliphatic heterocycles. The van der Waals surface area contributed by atoms with Gasteiger partial charge in [0.15, 0.2) is 0 Å². The van der Waals surface area contributed by atoms with E-state index >= 15 is 0 Å². The quantitative estimate of drug-likeness (QED) is 0.747. The number of rotatable bonds is 5. The van der Waals surface area contributed by atoms with E-state index in [1.54, 1.807) is 18.2 Å².